The molecule has 0 amide bonds. The Bertz CT molecular complexity index is 600. The third-order valence-electron chi connectivity index (χ3n) is 2.22. The molecule has 0 aliphatic heterocycles. The summed E-state index contributed by atoms with van der Waals surface area (Å²) in [6.45, 7) is 3.93. The van der Waals surface area contributed by atoms with Crippen molar-refractivity contribution >= 4 is 41.9 Å². The molecule has 0 atom stereocenters. The second kappa shape index (κ2) is 6.71. The molecule has 18 heavy (non-hydrogen) atoms. The van der Waals surface area contributed by atoms with Gasteiger partial charge in [-0.25, -0.2) is 13.1 Å². The second-order valence-corrected chi connectivity index (χ2v) is 7.05. The van der Waals surface area contributed by atoms with Crippen molar-refractivity contribution < 1.29 is 8.42 Å². The first-order chi connectivity index (χ1) is 8.38. The van der Waals surface area contributed by atoms with Gasteiger partial charge in [-0.1, -0.05) is 15.9 Å². The van der Waals surface area contributed by atoms with E-state index in [4.69, 9.17) is 0 Å². The van der Waals surface area contributed by atoms with Crippen molar-refractivity contribution in [3.8, 4) is 11.8 Å². The zero-order valence-electron chi connectivity index (χ0n) is 10.0. The Morgan fingerprint density at radius 2 is 1.94 bits per heavy atom. The normalized spacial score (nSPS) is 10.9. The average Bonchev–Trinajstić information content (AvgIpc) is 2.29. The minimum absolute atomic E-state index is 0.226. The Balaban J connectivity index is 2.97. The lowest BCUT2D eigenvalue weighted by Gasteiger charge is -2.09. The van der Waals surface area contributed by atoms with Crippen molar-refractivity contribution in [3.63, 3.8) is 0 Å². The molecule has 0 radical (unpaired) electrons. The highest BCUT2D eigenvalue weighted by molar-refractivity contribution is 9.11. The summed E-state index contributed by atoms with van der Waals surface area (Å²) in [6, 6.07) is 3.36. The number of benzene rings is 1. The second-order valence-electron chi connectivity index (χ2n) is 3.61. The molecular weight excluding hydrogens is 382 g/mol. The summed E-state index contributed by atoms with van der Waals surface area (Å²) in [5, 5.41) is 0. The van der Waals surface area contributed by atoms with Gasteiger partial charge in [-0.2, -0.15) is 0 Å². The van der Waals surface area contributed by atoms with E-state index in [1.807, 2.05) is 6.92 Å². The van der Waals surface area contributed by atoms with E-state index in [0.717, 1.165) is 10.0 Å². The van der Waals surface area contributed by atoms with Crippen LogP contribution in [-0.4, -0.2) is 15.0 Å². The van der Waals surface area contributed by atoms with Crippen molar-refractivity contribution in [2.45, 2.75) is 25.2 Å². The maximum absolute atomic E-state index is 12.1. The zero-order valence-corrected chi connectivity index (χ0v) is 14.0. The van der Waals surface area contributed by atoms with Gasteiger partial charge in [0.25, 0.3) is 0 Å². The topological polar surface area (TPSA) is 46.2 Å². The fourth-order valence-corrected chi connectivity index (χ4v) is 3.99. The van der Waals surface area contributed by atoms with Gasteiger partial charge in [-0.05, 0) is 47.5 Å². The summed E-state index contributed by atoms with van der Waals surface area (Å²) in [5.41, 5.74) is 0.970. The lowest BCUT2D eigenvalue weighted by molar-refractivity contribution is 0.582. The average molecular weight is 395 g/mol. The van der Waals surface area contributed by atoms with E-state index in [1.54, 1.807) is 19.1 Å². The molecule has 0 saturated heterocycles. The number of rotatable bonds is 4. The van der Waals surface area contributed by atoms with Crippen molar-refractivity contribution in [1.29, 1.82) is 0 Å². The van der Waals surface area contributed by atoms with Gasteiger partial charge in [-0.3, -0.25) is 0 Å². The molecule has 0 bridgehead atoms. The van der Waals surface area contributed by atoms with Crippen LogP contribution in [0.1, 0.15) is 18.9 Å². The Morgan fingerprint density at radius 1 is 1.28 bits per heavy atom. The Morgan fingerprint density at radius 3 is 2.56 bits per heavy atom. The van der Waals surface area contributed by atoms with E-state index >= 15 is 0 Å². The molecule has 6 heteroatoms. The SMILES string of the molecule is CC#CCCNS(=O)(=O)c1cc(Br)c(C)cc1Br. The van der Waals surface area contributed by atoms with Gasteiger partial charge < -0.3 is 0 Å². The lowest BCUT2D eigenvalue weighted by atomic mass is 10.2. The summed E-state index contributed by atoms with van der Waals surface area (Å²) in [6.07, 6.45) is 0.500. The molecule has 0 aliphatic rings. The summed E-state index contributed by atoms with van der Waals surface area (Å²) < 4.78 is 28.0. The first kappa shape index (κ1) is 15.7. The molecule has 1 rings (SSSR count). The van der Waals surface area contributed by atoms with Crippen LogP contribution in [0.4, 0.5) is 0 Å². The quantitative estimate of drug-likeness (QED) is 0.629. The van der Waals surface area contributed by atoms with Crippen LogP contribution in [0.15, 0.2) is 26.0 Å². The van der Waals surface area contributed by atoms with Crippen LogP contribution in [0.3, 0.4) is 0 Å². The van der Waals surface area contributed by atoms with Gasteiger partial charge in [0.05, 0.1) is 4.90 Å². The molecule has 0 heterocycles. The molecule has 98 valence electrons. The predicted molar refractivity (Wildman–Crippen MR) is 79.8 cm³/mol. The largest absolute Gasteiger partial charge is 0.241 e. The van der Waals surface area contributed by atoms with Gasteiger partial charge in [0.1, 0.15) is 0 Å². The summed E-state index contributed by atoms with van der Waals surface area (Å²) in [7, 11) is -3.51. The van der Waals surface area contributed by atoms with Crippen LogP contribution in [0.2, 0.25) is 0 Å². The summed E-state index contributed by atoms with van der Waals surface area (Å²) in [4.78, 5) is 0.226. The monoisotopic (exact) mass is 393 g/mol. The molecule has 0 unspecified atom stereocenters. The number of nitrogens with one attached hydrogen (secondary N) is 1. The molecule has 0 aromatic heterocycles. The van der Waals surface area contributed by atoms with Crippen LogP contribution < -0.4 is 4.72 Å². The first-order valence-electron chi connectivity index (χ1n) is 5.23. The molecule has 1 aromatic carbocycles. The van der Waals surface area contributed by atoms with Crippen LogP contribution in [-0.2, 0) is 10.0 Å². The van der Waals surface area contributed by atoms with Gasteiger partial charge in [0, 0.05) is 21.9 Å². The number of aryl methyl sites for hydroxylation is 1. The number of hydrogen-bond donors (Lipinski definition) is 1. The van der Waals surface area contributed by atoms with E-state index in [2.05, 4.69) is 48.4 Å². The van der Waals surface area contributed by atoms with Gasteiger partial charge in [0.2, 0.25) is 10.0 Å². The van der Waals surface area contributed by atoms with E-state index in [9.17, 15) is 8.42 Å². The molecule has 0 spiro atoms. The molecule has 1 N–H and O–H groups in total. The van der Waals surface area contributed by atoms with Crippen LogP contribution in [0.5, 0.6) is 0 Å². The third-order valence-corrected chi connectivity index (χ3v) is 5.50. The van der Waals surface area contributed by atoms with E-state index < -0.39 is 10.0 Å². The van der Waals surface area contributed by atoms with Crippen molar-refractivity contribution in [3.05, 3.63) is 26.6 Å². The lowest BCUT2D eigenvalue weighted by Crippen LogP contribution is -2.25. The molecule has 0 saturated carbocycles. The Hall–Kier alpha value is -0.350. The number of halogens is 2. The van der Waals surface area contributed by atoms with Gasteiger partial charge in [-0.15, -0.1) is 11.8 Å². The molecule has 1 aromatic rings. The number of sulfonamides is 1. The van der Waals surface area contributed by atoms with Crippen LogP contribution in [0.25, 0.3) is 0 Å². The number of hydrogen-bond acceptors (Lipinski definition) is 2. The van der Waals surface area contributed by atoms with Crippen molar-refractivity contribution in [2.75, 3.05) is 6.54 Å². The van der Waals surface area contributed by atoms with Crippen molar-refractivity contribution in [2.24, 2.45) is 0 Å². The fourth-order valence-electron chi connectivity index (χ4n) is 1.28. The summed E-state index contributed by atoms with van der Waals surface area (Å²) >= 11 is 6.60. The highest BCUT2D eigenvalue weighted by Crippen LogP contribution is 2.28. The Kier molecular flexibility index (Phi) is 5.86. The maximum Gasteiger partial charge on any atom is 0.241 e. The highest BCUT2D eigenvalue weighted by Gasteiger charge is 2.18. The smallest absolute Gasteiger partial charge is 0.210 e. The van der Waals surface area contributed by atoms with Gasteiger partial charge in [0.15, 0.2) is 0 Å². The maximum atomic E-state index is 12.1. The molecule has 0 aliphatic carbocycles. The first-order valence-corrected chi connectivity index (χ1v) is 8.30. The van der Waals surface area contributed by atoms with Crippen molar-refractivity contribution in [1.82, 2.24) is 4.72 Å². The summed E-state index contributed by atoms with van der Waals surface area (Å²) in [5.74, 6) is 5.53. The Labute approximate surface area is 125 Å². The minimum atomic E-state index is -3.51. The predicted octanol–water partition coefficient (Wildman–Crippen LogP) is 3.21. The molecule has 0 fully saturated rings. The minimum Gasteiger partial charge on any atom is -0.210 e. The van der Waals surface area contributed by atoms with E-state index in [0.29, 0.717) is 17.4 Å². The van der Waals surface area contributed by atoms with Crippen LogP contribution >= 0.6 is 31.9 Å². The van der Waals surface area contributed by atoms with Gasteiger partial charge >= 0.3 is 0 Å². The highest BCUT2D eigenvalue weighted by atomic mass is 79.9. The molecular formula is C12H13Br2NO2S. The third kappa shape index (κ3) is 4.09. The van der Waals surface area contributed by atoms with Crippen LogP contribution in [0, 0.1) is 18.8 Å². The molecule has 3 nitrogen and oxygen atoms in total. The van der Waals surface area contributed by atoms with E-state index in [-0.39, 0.29) is 4.90 Å². The fraction of sp³-hybridized carbons (Fsp3) is 0.333. The van der Waals surface area contributed by atoms with E-state index in [1.165, 1.54) is 0 Å². The standard InChI is InChI=1S/C12H13Br2NO2S/c1-3-4-5-6-15-18(16,17)12-8-10(13)9(2)7-11(12)14/h7-8,15H,5-6H2,1-2H3. The zero-order chi connectivity index (χ0) is 13.8.